The number of carbonyl (C=O) groups excluding carboxylic acids is 3. The van der Waals surface area contributed by atoms with Gasteiger partial charge in [0.2, 0.25) is 0 Å². The summed E-state index contributed by atoms with van der Waals surface area (Å²) in [5.41, 5.74) is 6.61. The fourth-order valence-electron chi connectivity index (χ4n) is 7.64. The fraction of sp³-hybridized carbons (Fsp3) is 0.395. The van der Waals surface area contributed by atoms with E-state index in [1.165, 1.54) is 18.4 Å². The molecule has 3 N–H and O–H groups in total. The molecule has 53 heavy (non-hydrogen) atoms. The smallest absolute Gasteiger partial charge is 0.337 e. The molecule has 9 nitrogen and oxygen atoms in total. The zero-order valence-electron chi connectivity index (χ0n) is 30.8. The van der Waals surface area contributed by atoms with Crippen molar-refractivity contribution in [1.29, 1.82) is 0 Å². The summed E-state index contributed by atoms with van der Waals surface area (Å²) in [5.74, 6) is -1.78. The molecule has 0 unspecified atom stereocenters. The van der Waals surface area contributed by atoms with E-state index in [2.05, 4.69) is 29.4 Å². The highest BCUT2D eigenvalue weighted by Gasteiger charge is 2.31. The summed E-state index contributed by atoms with van der Waals surface area (Å²) in [5, 5.41) is 16.2. The maximum absolute atomic E-state index is 13.9. The predicted octanol–water partition coefficient (Wildman–Crippen LogP) is 8.56. The number of esters is 1. The van der Waals surface area contributed by atoms with Crippen LogP contribution in [0.1, 0.15) is 111 Å². The normalized spacial score (nSPS) is 16.9. The zero-order valence-corrected chi connectivity index (χ0v) is 31.6. The van der Waals surface area contributed by atoms with Crippen LogP contribution < -0.4 is 10.6 Å². The largest absolute Gasteiger partial charge is 0.481 e. The Labute approximate surface area is 315 Å². The van der Waals surface area contributed by atoms with Crippen molar-refractivity contribution >= 4 is 45.8 Å². The maximum atomic E-state index is 13.9. The Kier molecular flexibility index (Phi) is 12.4. The Morgan fingerprint density at radius 1 is 0.811 bits per heavy atom. The van der Waals surface area contributed by atoms with Crippen molar-refractivity contribution in [1.82, 2.24) is 4.90 Å². The molecule has 0 atom stereocenters. The molecule has 6 rings (SSSR count). The average Bonchev–Trinajstić information content (AvgIpc) is 3.54. The van der Waals surface area contributed by atoms with Crippen LogP contribution in [0.25, 0.3) is 0 Å². The van der Waals surface area contributed by atoms with Gasteiger partial charge in [0.25, 0.3) is 11.8 Å². The van der Waals surface area contributed by atoms with Crippen molar-refractivity contribution in [2.24, 2.45) is 5.92 Å². The maximum Gasteiger partial charge on any atom is 0.337 e. The number of nitrogens with one attached hydrogen (secondary N) is 2. The first-order valence-electron chi connectivity index (χ1n) is 18.7. The van der Waals surface area contributed by atoms with E-state index in [-0.39, 0.29) is 29.7 Å². The van der Waals surface area contributed by atoms with Gasteiger partial charge in [-0.3, -0.25) is 19.3 Å². The monoisotopic (exact) mass is 735 g/mol. The summed E-state index contributed by atoms with van der Waals surface area (Å²) in [6.07, 6.45) is 8.46. The van der Waals surface area contributed by atoms with Gasteiger partial charge in [0.05, 0.1) is 24.2 Å². The number of anilines is 2. The molecule has 0 spiro atoms. The predicted molar refractivity (Wildman–Crippen MR) is 209 cm³/mol. The minimum atomic E-state index is -0.700. The lowest BCUT2D eigenvalue weighted by Crippen LogP contribution is -2.42. The van der Waals surface area contributed by atoms with Crippen molar-refractivity contribution < 1.29 is 29.0 Å². The van der Waals surface area contributed by atoms with Crippen LogP contribution in [-0.2, 0) is 41.8 Å². The highest BCUT2D eigenvalue weighted by Crippen LogP contribution is 2.39. The molecule has 10 heteroatoms. The summed E-state index contributed by atoms with van der Waals surface area (Å²) < 4.78 is 4.78. The van der Waals surface area contributed by atoms with E-state index in [4.69, 9.17) is 4.74 Å². The van der Waals surface area contributed by atoms with Crippen molar-refractivity contribution in [3.8, 4) is 0 Å². The number of fused-ring (bicyclic) bond motifs is 1. The minimum Gasteiger partial charge on any atom is -0.481 e. The van der Waals surface area contributed by atoms with Gasteiger partial charge in [0, 0.05) is 34.8 Å². The van der Waals surface area contributed by atoms with Gasteiger partial charge in [-0.05, 0) is 137 Å². The lowest BCUT2D eigenvalue weighted by atomic mass is 9.85. The number of carbonyl (C=O) groups is 4. The average molecular weight is 736 g/mol. The van der Waals surface area contributed by atoms with E-state index in [0.29, 0.717) is 52.8 Å². The molecule has 4 aromatic rings. The fourth-order valence-corrected chi connectivity index (χ4v) is 8.92. The standard InChI is InChI=1S/C43H49N3O6S/c1-27(2)46(35-23-19-31(20-24-35)42(49)50)26-30-7-6-8-33(25-30)39(47)45-41-38(36-9-4-5-10-37(36)53-41)40(48)44-34-21-15-29(16-22-34)12-11-28-13-17-32(18-14-28)43(51)52-3/h6-8,13-18,21-22,25,27,31,35H,4-5,9-12,19-20,23-24,26H2,1-3H3,(H,44,48)(H,45,47)(H,49,50). The zero-order chi connectivity index (χ0) is 37.5. The molecule has 1 aromatic heterocycles. The van der Waals surface area contributed by atoms with Gasteiger partial charge < -0.3 is 20.5 Å². The topological polar surface area (TPSA) is 125 Å². The molecule has 0 bridgehead atoms. The van der Waals surface area contributed by atoms with Gasteiger partial charge in [0.1, 0.15) is 5.00 Å². The molecule has 1 heterocycles. The Hall–Kier alpha value is -4.80. The van der Waals surface area contributed by atoms with Crippen LogP contribution in [0, 0.1) is 5.92 Å². The van der Waals surface area contributed by atoms with E-state index < -0.39 is 5.97 Å². The molecule has 0 aliphatic heterocycles. The number of nitrogens with zero attached hydrogens (tertiary/aromatic N) is 1. The van der Waals surface area contributed by atoms with Crippen LogP contribution in [0.3, 0.4) is 0 Å². The van der Waals surface area contributed by atoms with Gasteiger partial charge in [-0.1, -0.05) is 36.4 Å². The number of carboxylic acids is 1. The van der Waals surface area contributed by atoms with Gasteiger partial charge in [0.15, 0.2) is 0 Å². The molecular formula is C43H49N3O6S. The van der Waals surface area contributed by atoms with Gasteiger partial charge in [-0.2, -0.15) is 0 Å². The summed E-state index contributed by atoms with van der Waals surface area (Å²) in [6.45, 7) is 5.00. The SMILES string of the molecule is COC(=O)c1ccc(CCc2ccc(NC(=O)c3c(NC(=O)c4cccc(CN(C(C)C)C5CCC(C(=O)O)CC5)c4)sc4c3CCCC4)cc2)cc1. The number of carboxylic acid groups (broad SMARTS) is 1. The molecule has 278 valence electrons. The third kappa shape index (κ3) is 9.42. The first kappa shape index (κ1) is 37.9. The number of methoxy groups -OCH3 is 1. The third-order valence-electron chi connectivity index (χ3n) is 10.6. The van der Waals surface area contributed by atoms with Crippen LogP contribution in [0.15, 0.2) is 72.8 Å². The van der Waals surface area contributed by atoms with Crippen LogP contribution in [0.4, 0.5) is 10.7 Å². The number of rotatable bonds is 13. The number of hydrogen-bond acceptors (Lipinski definition) is 7. The first-order chi connectivity index (χ1) is 25.6. The summed E-state index contributed by atoms with van der Waals surface area (Å²) in [4.78, 5) is 54.5. The number of amides is 2. The second-order valence-electron chi connectivity index (χ2n) is 14.5. The molecular weight excluding hydrogens is 687 g/mol. The second kappa shape index (κ2) is 17.4. The van der Waals surface area contributed by atoms with Crippen molar-refractivity contribution in [2.45, 2.75) is 96.7 Å². The number of hydrogen-bond donors (Lipinski definition) is 3. The Morgan fingerprint density at radius 3 is 2.11 bits per heavy atom. The summed E-state index contributed by atoms with van der Waals surface area (Å²) in [6, 6.07) is 23.5. The summed E-state index contributed by atoms with van der Waals surface area (Å²) >= 11 is 1.51. The Balaban J connectivity index is 1.11. The molecule has 2 amide bonds. The van der Waals surface area contributed by atoms with E-state index in [1.54, 1.807) is 12.1 Å². The van der Waals surface area contributed by atoms with Gasteiger partial charge in [-0.15, -0.1) is 11.3 Å². The molecule has 0 saturated heterocycles. The van der Waals surface area contributed by atoms with E-state index in [0.717, 1.165) is 78.5 Å². The second-order valence-corrected chi connectivity index (χ2v) is 15.6. The van der Waals surface area contributed by atoms with E-state index in [9.17, 15) is 24.3 Å². The Bertz CT molecular complexity index is 1930. The highest BCUT2D eigenvalue weighted by molar-refractivity contribution is 7.17. The summed E-state index contributed by atoms with van der Waals surface area (Å²) in [7, 11) is 1.37. The van der Waals surface area contributed by atoms with Crippen molar-refractivity contribution in [3.05, 3.63) is 117 Å². The van der Waals surface area contributed by atoms with Crippen LogP contribution in [-0.4, -0.2) is 53.0 Å². The lowest BCUT2D eigenvalue weighted by Gasteiger charge is -2.38. The molecule has 1 saturated carbocycles. The third-order valence-corrected chi connectivity index (χ3v) is 11.9. The Morgan fingerprint density at radius 2 is 1.47 bits per heavy atom. The lowest BCUT2D eigenvalue weighted by molar-refractivity contribution is -0.143. The van der Waals surface area contributed by atoms with E-state index >= 15 is 0 Å². The molecule has 1 fully saturated rings. The van der Waals surface area contributed by atoms with Crippen LogP contribution in [0.5, 0.6) is 0 Å². The van der Waals surface area contributed by atoms with Gasteiger partial charge >= 0.3 is 11.9 Å². The molecule has 0 radical (unpaired) electrons. The van der Waals surface area contributed by atoms with Crippen LogP contribution in [0.2, 0.25) is 0 Å². The molecule has 2 aliphatic rings. The van der Waals surface area contributed by atoms with Crippen LogP contribution >= 0.6 is 11.3 Å². The minimum absolute atomic E-state index is 0.225. The van der Waals surface area contributed by atoms with E-state index in [1.807, 2.05) is 60.7 Å². The molecule has 2 aliphatic carbocycles. The number of benzene rings is 3. The first-order valence-corrected chi connectivity index (χ1v) is 19.5. The quantitative estimate of drug-likeness (QED) is 0.118. The number of aliphatic carboxylic acids is 1. The highest BCUT2D eigenvalue weighted by atomic mass is 32.1. The number of aryl methyl sites for hydroxylation is 3. The van der Waals surface area contributed by atoms with Crippen molar-refractivity contribution in [3.63, 3.8) is 0 Å². The molecule has 3 aromatic carbocycles. The van der Waals surface area contributed by atoms with Gasteiger partial charge in [-0.25, -0.2) is 4.79 Å². The number of thiophene rings is 1. The van der Waals surface area contributed by atoms with Crippen molar-refractivity contribution in [2.75, 3.05) is 17.7 Å². The number of ether oxygens (including phenoxy) is 1.